The van der Waals surface area contributed by atoms with Gasteiger partial charge in [-0.25, -0.2) is 4.99 Å². The lowest BCUT2D eigenvalue weighted by molar-refractivity contribution is 0.322. The molecule has 2 aromatic rings. The summed E-state index contributed by atoms with van der Waals surface area (Å²) in [7, 11) is 1.67. The molecule has 0 aliphatic heterocycles. The van der Waals surface area contributed by atoms with Gasteiger partial charge in [0.15, 0.2) is 5.96 Å². The Morgan fingerprint density at radius 1 is 1.00 bits per heavy atom. The number of aliphatic imine (C=N–C) groups is 1. The molecule has 0 unspecified atom stereocenters. The van der Waals surface area contributed by atoms with Crippen molar-refractivity contribution in [2.45, 2.75) is 13.5 Å². The highest BCUT2D eigenvalue weighted by atomic mass is 127. The highest BCUT2D eigenvalue weighted by molar-refractivity contribution is 14.0. The van der Waals surface area contributed by atoms with E-state index in [1.165, 1.54) is 0 Å². The van der Waals surface area contributed by atoms with E-state index in [-0.39, 0.29) is 24.0 Å². The number of ether oxygens (including phenoxy) is 2. The minimum atomic E-state index is 0. The van der Waals surface area contributed by atoms with Crippen LogP contribution in [0.3, 0.4) is 0 Å². The third-order valence-electron chi connectivity index (χ3n) is 3.35. The molecule has 5 nitrogen and oxygen atoms in total. The van der Waals surface area contributed by atoms with Gasteiger partial charge in [0, 0.05) is 12.1 Å². The Hall–Kier alpha value is -1.96. The van der Waals surface area contributed by atoms with E-state index in [0.29, 0.717) is 19.7 Å². The van der Waals surface area contributed by atoms with E-state index >= 15 is 0 Å². The molecule has 0 bridgehead atoms. The van der Waals surface area contributed by atoms with Crippen molar-refractivity contribution in [2.24, 2.45) is 4.99 Å². The summed E-state index contributed by atoms with van der Waals surface area (Å²) in [6.45, 7) is 4.65. The van der Waals surface area contributed by atoms with E-state index in [2.05, 4.69) is 15.6 Å². The van der Waals surface area contributed by atoms with Crippen molar-refractivity contribution in [3.8, 4) is 11.5 Å². The topological polar surface area (TPSA) is 54.9 Å². The van der Waals surface area contributed by atoms with E-state index < -0.39 is 0 Å². The number of methoxy groups -OCH3 is 1. The highest BCUT2D eigenvalue weighted by Gasteiger charge is 2.02. The Labute approximate surface area is 166 Å². The van der Waals surface area contributed by atoms with E-state index in [0.717, 1.165) is 29.6 Å². The zero-order valence-electron chi connectivity index (χ0n) is 14.7. The number of nitrogens with zero attached hydrogens (tertiary/aromatic N) is 1. The summed E-state index contributed by atoms with van der Waals surface area (Å²) in [6.07, 6.45) is 0. The highest BCUT2D eigenvalue weighted by Crippen LogP contribution is 2.17. The predicted molar refractivity (Wildman–Crippen MR) is 113 cm³/mol. The SMILES string of the molecule is CCNC(=NCc1ccccc1OC)NCCOc1ccccc1.I. The van der Waals surface area contributed by atoms with Crippen LogP contribution in [0.5, 0.6) is 11.5 Å². The number of rotatable bonds is 8. The van der Waals surface area contributed by atoms with Crippen LogP contribution >= 0.6 is 24.0 Å². The molecular formula is C19H26IN3O2. The van der Waals surface area contributed by atoms with Crippen LogP contribution in [0.4, 0.5) is 0 Å². The maximum absolute atomic E-state index is 5.67. The molecule has 0 radical (unpaired) electrons. The Morgan fingerprint density at radius 3 is 2.44 bits per heavy atom. The number of hydrogen-bond donors (Lipinski definition) is 2. The Kier molecular flexibility index (Phi) is 10.5. The molecule has 0 atom stereocenters. The molecule has 0 amide bonds. The number of hydrogen-bond acceptors (Lipinski definition) is 3. The minimum Gasteiger partial charge on any atom is -0.496 e. The molecule has 136 valence electrons. The first-order valence-corrected chi connectivity index (χ1v) is 8.15. The average molecular weight is 455 g/mol. The molecule has 0 heterocycles. The van der Waals surface area contributed by atoms with Gasteiger partial charge in [0.05, 0.1) is 20.2 Å². The van der Waals surface area contributed by atoms with Gasteiger partial charge < -0.3 is 20.1 Å². The molecule has 6 heteroatoms. The summed E-state index contributed by atoms with van der Waals surface area (Å²) in [5, 5.41) is 6.50. The quantitative estimate of drug-likeness (QED) is 0.277. The van der Waals surface area contributed by atoms with E-state index in [1.807, 2.05) is 61.5 Å². The lowest BCUT2D eigenvalue weighted by Gasteiger charge is -2.12. The largest absolute Gasteiger partial charge is 0.496 e. The van der Waals surface area contributed by atoms with Crippen LogP contribution < -0.4 is 20.1 Å². The molecule has 2 aromatic carbocycles. The number of para-hydroxylation sites is 2. The third kappa shape index (κ3) is 7.64. The number of nitrogens with one attached hydrogen (secondary N) is 2. The molecular weight excluding hydrogens is 429 g/mol. The lowest BCUT2D eigenvalue weighted by atomic mass is 10.2. The summed E-state index contributed by atoms with van der Waals surface area (Å²) in [6, 6.07) is 17.7. The van der Waals surface area contributed by atoms with Gasteiger partial charge in [0.2, 0.25) is 0 Å². The van der Waals surface area contributed by atoms with Crippen LogP contribution in [-0.2, 0) is 6.54 Å². The van der Waals surface area contributed by atoms with E-state index in [4.69, 9.17) is 9.47 Å². The van der Waals surface area contributed by atoms with Crippen molar-refractivity contribution in [1.82, 2.24) is 10.6 Å². The van der Waals surface area contributed by atoms with Gasteiger partial charge in [-0.3, -0.25) is 0 Å². The number of benzene rings is 2. The van der Waals surface area contributed by atoms with E-state index in [9.17, 15) is 0 Å². The fraction of sp³-hybridized carbons (Fsp3) is 0.316. The van der Waals surface area contributed by atoms with Crippen LogP contribution in [0.1, 0.15) is 12.5 Å². The van der Waals surface area contributed by atoms with Crippen LogP contribution in [0, 0.1) is 0 Å². The first-order chi connectivity index (χ1) is 11.8. The minimum absolute atomic E-state index is 0. The number of halogens is 1. The van der Waals surface area contributed by atoms with Gasteiger partial charge in [-0.15, -0.1) is 24.0 Å². The first-order valence-electron chi connectivity index (χ1n) is 8.15. The van der Waals surface area contributed by atoms with Crippen molar-refractivity contribution in [1.29, 1.82) is 0 Å². The van der Waals surface area contributed by atoms with Crippen LogP contribution in [0.2, 0.25) is 0 Å². The maximum atomic E-state index is 5.67. The van der Waals surface area contributed by atoms with Crippen LogP contribution in [-0.4, -0.2) is 32.8 Å². The van der Waals surface area contributed by atoms with Crippen LogP contribution in [0.25, 0.3) is 0 Å². The Morgan fingerprint density at radius 2 is 1.72 bits per heavy atom. The molecule has 0 fully saturated rings. The second kappa shape index (κ2) is 12.4. The molecule has 2 rings (SSSR count). The summed E-state index contributed by atoms with van der Waals surface area (Å²) in [5.41, 5.74) is 1.05. The van der Waals surface area contributed by atoms with Crippen molar-refractivity contribution < 1.29 is 9.47 Å². The summed E-state index contributed by atoms with van der Waals surface area (Å²) >= 11 is 0. The van der Waals surface area contributed by atoms with Crippen LogP contribution in [0.15, 0.2) is 59.6 Å². The molecule has 0 aliphatic carbocycles. The van der Waals surface area contributed by atoms with Gasteiger partial charge in [0.25, 0.3) is 0 Å². The smallest absolute Gasteiger partial charge is 0.191 e. The summed E-state index contributed by atoms with van der Waals surface area (Å²) in [4.78, 5) is 4.60. The van der Waals surface area contributed by atoms with Gasteiger partial charge in [0.1, 0.15) is 18.1 Å². The van der Waals surface area contributed by atoms with Gasteiger partial charge in [-0.05, 0) is 25.1 Å². The molecule has 0 saturated heterocycles. The van der Waals surface area contributed by atoms with Crippen molar-refractivity contribution in [3.05, 3.63) is 60.2 Å². The number of guanidine groups is 1. The monoisotopic (exact) mass is 455 g/mol. The predicted octanol–water partition coefficient (Wildman–Crippen LogP) is 3.45. The van der Waals surface area contributed by atoms with Crippen molar-refractivity contribution >= 4 is 29.9 Å². The average Bonchev–Trinajstić information content (AvgIpc) is 2.64. The summed E-state index contributed by atoms with van der Waals surface area (Å²) < 4.78 is 11.0. The Bertz CT molecular complexity index is 636. The second-order valence-corrected chi connectivity index (χ2v) is 5.10. The molecule has 0 aromatic heterocycles. The Balaban J connectivity index is 0.00000312. The van der Waals surface area contributed by atoms with E-state index in [1.54, 1.807) is 7.11 Å². The maximum Gasteiger partial charge on any atom is 0.191 e. The summed E-state index contributed by atoms with van der Waals surface area (Å²) in [5.74, 6) is 2.49. The zero-order valence-corrected chi connectivity index (χ0v) is 17.0. The fourth-order valence-electron chi connectivity index (χ4n) is 2.19. The molecule has 0 saturated carbocycles. The lowest BCUT2D eigenvalue weighted by Crippen LogP contribution is -2.39. The van der Waals surface area contributed by atoms with Gasteiger partial charge >= 0.3 is 0 Å². The molecule has 0 aliphatic rings. The third-order valence-corrected chi connectivity index (χ3v) is 3.35. The first kappa shape index (κ1) is 21.1. The molecule has 0 spiro atoms. The van der Waals surface area contributed by atoms with Crippen molar-refractivity contribution in [2.75, 3.05) is 26.8 Å². The van der Waals surface area contributed by atoms with Gasteiger partial charge in [-0.2, -0.15) is 0 Å². The standard InChI is InChI=1S/C19H25N3O2.HI/c1-3-20-19(21-13-14-24-17-10-5-4-6-11-17)22-15-16-9-7-8-12-18(16)23-2;/h4-12H,3,13-15H2,1-2H3,(H2,20,21,22);1H. The fourth-order valence-corrected chi connectivity index (χ4v) is 2.19. The molecule has 25 heavy (non-hydrogen) atoms. The second-order valence-electron chi connectivity index (χ2n) is 5.10. The molecule has 2 N–H and O–H groups in total. The van der Waals surface area contributed by atoms with Gasteiger partial charge in [-0.1, -0.05) is 36.4 Å². The zero-order chi connectivity index (χ0) is 17.0. The van der Waals surface area contributed by atoms with Crippen molar-refractivity contribution in [3.63, 3.8) is 0 Å². The normalized spacial score (nSPS) is 10.6.